The van der Waals surface area contributed by atoms with Gasteiger partial charge in [0.2, 0.25) is 5.95 Å². The van der Waals surface area contributed by atoms with Crippen molar-refractivity contribution in [1.29, 1.82) is 0 Å². The number of amides is 1. The van der Waals surface area contributed by atoms with Crippen LogP contribution in [0.3, 0.4) is 0 Å². The van der Waals surface area contributed by atoms with E-state index >= 15 is 0 Å². The first-order chi connectivity index (χ1) is 10.1. The summed E-state index contributed by atoms with van der Waals surface area (Å²) in [6.07, 6.45) is 4.06. The summed E-state index contributed by atoms with van der Waals surface area (Å²) in [5.74, 6) is 0.335. The van der Waals surface area contributed by atoms with Gasteiger partial charge in [0.1, 0.15) is 0 Å². The van der Waals surface area contributed by atoms with E-state index in [2.05, 4.69) is 33.6 Å². The van der Waals surface area contributed by atoms with Gasteiger partial charge in [0.25, 0.3) is 5.91 Å². The third-order valence-corrected chi connectivity index (χ3v) is 2.93. The monoisotopic (exact) mass is 284 g/mol. The van der Waals surface area contributed by atoms with Gasteiger partial charge in [-0.15, -0.1) is 0 Å². The lowest BCUT2D eigenvalue weighted by atomic mass is 10.1. The zero-order chi connectivity index (χ0) is 15.2. The smallest absolute Gasteiger partial charge is 0.258 e. The standard InChI is InChI=1S/C16H20N4O/c1-4-5-17-16-18-9-13(10-19-16)15(21)20-14-7-11(2)6-12(3)8-14/h6-10H,4-5H2,1-3H3,(H,20,21)(H,17,18,19). The first-order valence-corrected chi connectivity index (χ1v) is 7.04. The number of hydrogen-bond acceptors (Lipinski definition) is 4. The number of rotatable bonds is 5. The van der Waals surface area contributed by atoms with Gasteiger partial charge in [0, 0.05) is 24.6 Å². The molecule has 0 aliphatic carbocycles. The molecule has 1 heterocycles. The lowest BCUT2D eigenvalue weighted by Gasteiger charge is -2.08. The third-order valence-electron chi connectivity index (χ3n) is 2.93. The van der Waals surface area contributed by atoms with E-state index in [1.54, 1.807) is 0 Å². The minimum atomic E-state index is -0.206. The van der Waals surface area contributed by atoms with Gasteiger partial charge in [-0.25, -0.2) is 9.97 Å². The van der Waals surface area contributed by atoms with Crippen molar-refractivity contribution < 1.29 is 4.79 Å². The van der Waals surface area contributed by atoms with Crippen molar-refractivity contribution >= 4 is 17.5 Å². The molecule has 0 radical (unpaired) electrons. The second kappa shape index (κ2) is 6.83. The maximum Gasteiger partial charge on any atom is 0.258 e. The lowest BCUT2D eigenvalue weighted by Crippen LogP contribution is -2.13. The molecule has 1 aromatic carbocycles. The largest absolute Gasteiger partial charge is 0.354 e. The van der Waals surface area contributed by atoms with Crippen LogP contribution in [0, 0.1) is 13.8 Å². The Morgan fingerprint density at radius 2 is 1.71 bits per heavy atom. The van der Waals surface area contributed by atoms with Crippen LogP contribution in [0.25, 0.3) is 0 Å². The Morgan fingerprint density at radius 1 is 1.10 bits per heavy atom. The molecular formula is C16H20N4O. The molecule has 1 aromatic heterocycles. The summed E-state index contributed by atoms with van der Waals surface area (Å²) in [6.45, 7) is 6.88. The maximum absolute atomic E-state index is 12.2. The lowest BCUT2D eigenvalue weighted by molar-refractivity contribution is 0.102. The maximum atomic E-state index is 12.2. The van der Waals surface area contributed by atoms with E-state index in [-0.39, 0.29) is 5.91 Å². The van der Waals surface area contributed by atoms with Crippen LogP contribution in [0.4, 0.5) is 11.6 Å². The first-order valence-electron chi connectivity index (χ1n) is 7.04. The Balaban J connectivity index is 2.06. The van der Waals surface area contributed by atoms with E-state index in [4.69, 9.17) is 0 Å². The van der Waals surface area contributed by atoms with Crippen LogP contribution in [0.1, 0.15) is 34.8 Å². The van der Waals surface area contributed by atoms with Crippen molar-refractivity contribution in [3.05, 3.63) is 47.3 Å². The fraction of sp³-hybridized carbons (Fsp3) is 0.312. The Morgan fingerprint density at radius 3 is 2.29 bits per heavy atom. The number of nitrogens with zero attached hydrogens (tertiary/aromatic N) is 2. The molecule has 110 valence electrons. The summed E-state index contributed by atoms with van der Waals surface area (Å²) < 4.78 is 0. The van der Waals surface area contributed by atoms with Crippen LogP contribution in [-0.4, -0.2) is 22.4 Å². The Labute approximate surface area is 124 Å². The van der Waals surface area contributed by atoms with Gasteiger partial charge in [-0.05, 0) is 43.5 Å². The molecule has 0 atom stereocenters. The Bertz CT molecular complexity index is 602. The van der Waals surface area contributed by atoms with E-state index in [1.807, 2.05) is 26.0 Å². The molecule has 0 aliphatic heterocycles. The van der Waals surface area contributed by atoms with Crippen LogP contribution in [0.15, 0.2) is 30.6 Å². The quantitative estimate of drug-likeness (QED) is 0.885. The van der Waals surface area contributed by atoms with Crippen LogP contribution in [-0.2, 0) is 0 Å². The molecule has 0 unspecified atom stereocenters. The number of nitrogens with one attached hydrogen (secondary N) is 2. The molecule has 21 heavy (non-hydrogen) atoms. The second-order valence-corrected chi connectivity index (χ2v) is 5.05. The molecule has 0 spiro atoms. The highest BCUT2D eigenvalue weighted by molar-refractivity contribution is 6.03. The number of hydrogen-bond donors (Lipinski definition) is 2. The van der Waals surface area contributed by atoms with Crippen molar-refractivity contribution in [1.82, 2.24) is 9.97 Å². The molecule has 0 saturated carbocycles. The second-order valence-electron chi connectivity index (χ2n) is 5.05. The minimum absolute atomic E-state index is 0.206. The van der Waals surface area contributed by atoms with E-state index in [0.29, 0.717) is 11.5 Å². The van der Waals surface area contributed by atoms with Gasteiger partial charge in [-0.2, -0.15) is 0 Å². The number of benzene rings is 1. The van der Waals surface area contributed by atoms with Crippen molar-refractivity contribution in [2.75, 3.05) is 17.2 Å². The molecule has 2 rings (SSSR count). The first kappa shape index (κ1) is 15.0. The van der Waals surface area contributed by atoms with Crippen molar-refractivity contribution in [3.8, 4) is 0 Å². The molecule has 5 heteroatoms. The third kappa shape index (κ3) is 4.27. The number of aryl methyl sites for hydroxylation is 2. The fourth-order valence-corrected chi connectivity index (χ4v) is 2.02. The zero-order valence-electron chi connectivity index (χ0n) is 12.6. The fourth-order valence-electron chi connectivity index (χ4n) is 2.02. The summed E-state index contributed by atoms with van der Waals surface area (Å²) in [5, 5.41) is 5.93. The summed E-state index contributed by atoms with van der Waals surface area (Å²) >= 11 is 0. The van der Waals surface area contributed by atoms with Gasteiger partial charge in [-0.3, -0.25) is 4.79 Å². The molecule has 2 aromatic rings. The van der Waals surface area contributed by atoms with Crippen molar-refractivity contribution in [3.63, 3.8) is 0 Å². The van der Waals surface area contributed by atoms with Crippen LogP contribution >= 0.6 is 0 Å². The molecule has 5 nitrogen and oxygen atoms in total. The van der Waals surface area contributed by atoms with Gasteiger partial charge < -0.3 is 10.6 Å². The van der Waals surface area contributed by atoms with Gasteiger partial charge >= 0.3 is 0 Å². The highest BCUT2D eigenvalue weighted by atomic mass is 16.1. The zero-order valence-corrected chi connectivity index (χ0v) is 12.6. The van der Waals surface area contributed by atoms with E-state index in [1.165, 1.54) is 12.4 Å². The highest BCUT2D eigenvalue weighted by Crippen LogP contribution is 2.14. The molecule has 0 aliphatic rings. The molecule has 2 N–H and O–H groups in total. The predicted octanol–water partition coefficient (Wildman–Crippen LogP) is 3.17. The van der Waals surface area contributed by atoms with E-state index in [9.17, 15) is 4.79 Å². The summed E-state index contributed by atoms with van der Waals surface area (Å²) in [5.41, 5.74) is 3.45. The normalized spacial score (nSPS) is 10.2. The van der Waals surface area contributed by atoms with Crippen LogP contribution in [0.2, 0.25) is 0 Å². The van der Waals surface area contributed by atoms with Gasteiger partial charge in [0.05, 0.1) is 5.56 Å². The SMILES string of the molecule is CCCNc1ncc(C(=O)Nc2cc(C)cc(C)c2)cn1. The van der Waals surface area contributed by atoms with Crippen molar-refractivity contribution in [2.45, 2.75) is 27.2 Å². The molecule has 0 saturated heterocycles. The van der Waals surface area contributed by atoms with E-state index in [0.717, 1.165) is 29.8 Å². The van der Waals surface area contributed by atoms with Crippen LogP contribution < -0.4 is 10.6 Å². The molecule has 0 fully saturated rings. The number of carbonyl (C=O) groups is 1. The summed E-state index contributed by atoms with van der Waals surface area (Å²) in [7, 11) is 0. The molecule has 0 bridgehead atoms. The summed E-state index contributed by atoms with van der Waals surface area (Å²) in [4.78, 5) is 20.4. The molecular weight excluding hydrogens is 264 g/mol. The minimum Gasteiger partial charge on any atom is -0.354 e. The van der Waals surface area contributed by atoms with E-state index < -0.39 is 0 Å². The summed E-state index contributed by atoms with van der Waals surface area (Å²) in [6, 6.07) is 5.93. The van der Waals surface area contributed by atoms with Crippen molar-refractivity contribution in [2.24, 2.45) is 0 Å². The predicted molar refractivity (Wildman–Crippen MR) is 84.7 cm³/mol. The topological polar surface area (TPSA) is 66.9 Å². The Hall–Kier alpha value is -2.43. The number of anilines is 2. The number of aromatic nitrogens is 2. The average Bonchev–Trinajstić information content (AvgIpc) is 2.44. The number of carbonyl (C=O) groups excluding carboxylic acids is 1. The molecule has 1 amide bonds. The van der Waals surface area contributed by atoms with Crippen LogP contribution in [0.5, 0.6) is 0 Å². The van der Waals surface area contributed by atoms with Gasteiger partial charge in [0.15, 0.2) is 0 Å². The van der Waals surface area contributed by atoms with Gasteiger partial charge in [-0.1, -0.05) is 13.0 Å². The average molecular weight is 284 g/mol. The Kier molecular flexibility index (Phi) is 4.87. The highest BCUT2D eigenvalue weighted by Gasteiger charge is 2.08.